The van der Waals surface area contributed by atoms with E-state index < -0.39 is 52.6 Å². The standard InChI is InChI=1S/C40H32BrClFN3O6/c1-2-52-32-5-3-4-29(35(32)47)34-27-18-19-28-33(38(50)45(36(28)48)26-16-8-22(41)9-17-26)30(27)20-31-37(49)46(44-25-14-12-24(43)13-15-25)39(51)40(31,34)21-6-10-23(42)11-7-21/h3-18,28,30-31,33-34,44,47H,2,19-20H2,1H3. The van der Waals surface area contributed by atoms with E-state index >= 15 is 4.79 Å². The lowest BCUT2D eigenvalue weighted by atomic mass is 9.49. The Bertz CT molecular complexity index is 2160. The summed E-state index contributed by atoms with van der Waals surface area (Å²) in [7, 11) is 0. The molecule has 52 heavy (non-hydrogen) atoms. The fourth-order valence-electron chi connectivity index (χ4n) is 8.89. The first-order valence-electron chi connectivity index (χ1n) is 17.0. The molecule has 4 aromatic rings. The Morgan fingerprint density at radius 2 is 1.63 bits per heavy atom. The highest BCUT2D eigenvalue weighted by molar-refractivity contribution is 9.10. The number of nitrogens with one attached hydrogen (secondary N) is 1. The first kappa shape index (κ1) is 34.1. The van der Waals surface area contributed by atoms with Crippen molar-refractivity contribution in [2.24, 2.45) is 23.7 Å². The monoisotopic (exact) mass is 783 g/mol. The summed E-state index contributed by atoms with van der Waals surface area (Å²) < 4.78 is 20.5. The van der Waals surface area contributed by atoms with Crippen molar-refractivity contribution in [1.29, 1.82) is 0 Å². The molecule has 8 rings (SSSR count). The summed E-state index contributed by atoms with van der Waals surface area (Å²) >= 11 is 9.78. The predicted molar refractivity (Wildman–Crippen MR) is 195 cm³/mol. The number of hydrazine groups is 1. The molecule has 6 atom stereocenters. The number of carbonyl (C=O) groups excluding carboxylic acids is 4. The maximum atomic E-state index is 15.3. The zero-order valence-electron chi connectivity index (χ0n) is 27.8. The average molecular weight is 785 g/mol. The maximum Gasteiger partial charge on any atom is 0.260 e. The third-order valence-electron chi connectivity index (χ3n) is 11.0. The van der Waals surface area contributed by atoms with Gasteiger partial charge >= 0.3 is 0 Å². The number of aromatic hydroxyl groups is 1. The number of phenolic OH excluding ortho intramolecular Hbond substituents is 1. The molecule has 2 aliphatic carbocycles. The zero-order valence-corrected chi connectivity index (χ0v) is 30.1. The molecule has 3 fully saturated rings. The summed E-state index contributed by atoms with van der Waals surface area (Å²) in [4.78, 5) is 59.8. The highest BCUT2D eigenvalue weighted by atomic mass is 79.9. The second-order valence-electron chi connectivity index (χ2n) is 13.5. The van der Waals surface area contributed by atoms with Crippen molar-refractivity contribution in [1.82, 2.24) is 5.01 Å². The number of amides is 4. The van der Waals surface area contributed by atoms with Gasteiger partial charge in [-0.2, -0.15) is 5.01 Å². The number of carbonyl (C=O) groups is 4. The van der Waals surface area contributed by atoms with Crippen LogP contribution in [0.25, 0.3) is 0 Å². The van der Waals surface area contributed by atoms with Crippen molar-refractivity contribution >= 4 is 62.5 Å². The molecule has 4 amide bonds. The number of imide groups is 2. The summed E-state index contributed by atoms with van der Waals surface area (Å²) in [5.41, 5.74) is 3.55. The van der Waals surface area contributed by atoms with Crippen LogP contribution in [0.15, 0.2) is 107 Å². The van der Waals surface area contributed by atoms with Crippen molar-refractivity contribution in [3.63, 3.8) is 0 Å². The SMILES string of the molecule is CCOc1cccc(C2C3=CCC4C(=O)N(c5ccc(Br)cc5)C(=O)C4C3CC3C(=O)N(Nc4ccc(F)cc4)C(=O)C32c2ccc(Cl)cc2)c1O. The van der Waals surface area contributed by atoms with Crippen LogP contribution in [0, 0.1) is 29.5 Å². The van der Waals surface area contributed by atoms with Gasteiger partial charge in [0.05, 0.1) is 41.2 Å². The maximum absolute atomic E-state index is 15.3. The minimum atomic E-state index is -1.64. The number of hydrogen-bond donors (Lipinski definition) is 2. The van der Waals surface area contributed by atoms with Gasteiger partial charge in [-0.05, 0) is 98.0 Å². The van der Waals surface area contributed by atoms with E-state index in [1.807, 2.05) is 6.08 Å². The van der Waals surface area contributed by atoms with Crippen LogP contribution in [-0.4, -0.2) is 40.4 Å². The Kier molecular flexibility index (Phi) is 8.46. The van der Waals surface area contributed by atoms with Crippen LogP contribution in [-0.2, 0) is 24.6 Å². The Hall–Kier alpha value is -5.00. The quantitative estimate of drug-likeness (QED) is 0.147. The van der Waals surface area contributed by atoms with Gasteiger partial charge in [-0.25, -0.2) is 4.39 Å². The van der Waals surface area contributed by atoms with E-state index in [0.29, 0.717) is 33.1 Å². The molecule has 4 aliphatic rings. The molecule has 0 spiro atoms. The van der Waals surface area contributed by atoms with E-state index in [0.717, 1.165) is 9.48 Å². The van der Waals surface area contributed by atoms with Crippen LogP contribution >= 0.6 is 27.5 Å². The molecule has 0 aromatic heterocycles. The lowest BCUT2D eigenvalue weighted by Gasteiger charge is -2.50. The van der Waals surface area contributed by atoms with E-state index in [2.05, 4.69) is 21.4 Å². The van der Waals surface area contributed by atoms with Crippen LogP contribution < -0.4 is 15.1 Å². The van der Waals surface area contributed by atoms with Gasteiger partial charge in [0.15, 0.2) is 11.5 Å². The van der Waals surface area contributed by atoms with E-state index in [-0.39, 0.29) is 42.8 Å². The molecule has 9 nitrogen and oxygen atoms in total. The minimum Gasteiger partial charge on any atom is -0.504 e. The third-order valence-corrected chi connectivity index (χ3v) is 11.8. The van der Waals surface area contributed by atoms with E-state index in [4.69, 9.17) is 16.3 Å². The van der Waals surface area contributed by atoms with Crippen molar-refractivity contribution in [2.45, 2.75) is 31.1 Å². The number of hydrogen-bond acceptors (Lipinski definition) is 7. The fraction of sp³-hybridized carbons (Fsp3) is 0.250. The number of para-hydroxylation sites is 1. The van der Waals surface area contributed by atoms with Crippen LogP contribution in [0.5, 0.6) is 11.5 Å². The number of phenols is 1. The first-order valence-corrected chi connectivity index (χ1v) is 18.2. The Morgan fingerprint density at radius 3 is 2.33 bits per heavy atom. The van der Waals surface area contributed by atoms with Crippen LogP contribution in [0.3, 0.4) is 0 Å². The second-order valence-corrected chi connectivity index (χ2v) is 14.8. The van der Waals surface area contributed by atoms with E-state index in [1.165, 1.54) is 29.2 Å². The van der Waals surface area contributed by atoms with Gasteiger partial charge < -0.3 is 9.84 Å². The Labute approximate surface area is 312 Å². The first-order chi connectivity index (χ1) is 25.1. The molecular weight excluding hydrogens is 753 g/mol. The molecule has 2 heterocycles. The lowest BCUT2D eigenvalue weighted by Crippen LogP contribution is -2.53. The number of halogens is 3. The van der Waals surface area contributed by atoms with Crippen LogP contribution in [0.2, 0.25) is 5.02 Å². The molecule has 4 aromatic carbocycles. The molecule has 0 radical (unpaired) electrons. The lowest BCUT2D eigenvalue weighted by molar-refractivity contribution is -0.138. The average Bonchev–Trinajstić information content (AvgIpc) is 3.52. The van der Waals surface area contributed by atoms with Crippen molar-refractivity contribution in [2.75, 3.05) is 16.9 Å². The second kappa shape index (κ2) is 12.9. The summed E-state index contributed by atoms with van der Waals surface area (Å²) in [6, 6.07) is 24.0. The van der Waals surface area contributed by atoms with Gasteiger partial charge in [0.1, 0.15) is 5.82 Å². The van der Waals surface area contributed by atoms with E-state index in [9.17, 15) is 23.9 Å². The zero-order chi connectivity index (χ0) is 36.5. The molecule has 0 bridgehead atoms. The highest BCUT2D eigenvalue weighted by Gasteiger charge is 2.70. The summed E-state index contributed by atoms with van der Waals surface area (Å²) in [5.74, 6) is -6.50. The highest BCUT2D eigenvalue weighted by Crippen LogP contribution is 2.65. The third kappa shape index (κ3) is 5.08. The molecule has 1 saturated carbocycles. The molecule has 6 unspecified atom stereocenters. The smallest absolute Gasteiger partial charge is 0.260 e. The van der Waals surface area contributed by atoms with Gasteiger partial charge in [0, 0.05) is 21.0 Å². The van der Waals surface area contributed by atoms with Gasteiger partial charge in [-0.3, -0.25) is 29.5 Å². The minimum absolute atomic E-state index is 0.0669. The summed E-state index contributed by atoms with van der Waals surface area (Å²) in [6.07, 6.45) is 2.20. The Balaban J connectivity index is 1.34. The number of benzene rings is 4. The number of fused-ring (bicyclic) bond motifs is 4. The van der Waals surface area contributed by atoms with Gasteiger partial charge in [-0.1, -0.05) is 63.4 Å². The molecule has 2 aliphatic heterocycles. The molecule has 12 heteroatoms. The van der Waals surface area contributed by atoms with Crippen LogP contribution in [0.1, 0.15) is 36.8 Å². The van der Waals surface area contributed by atoms with Crippen molar-refractivity contribution < 1.29 is 33.4 Å². The topological polar surface area (TPSA) is 116 Å². The molecule has 264 valence electrons. The Morgan fingerprint density at radius 1 is 0.923 bits per heavy atom. The number of anilines is 2. The summed E-state index contributed by atoms with van der Waals surface area (Å²) in [5, 5.41) is 13.3. The summed E-state index contributed by atoms with van der Waals surface area (Å²) in [6.45, 7) is 2.05. The van der Waals surface area contributed by atoms with Crippen molar-refractivity contribution in [3.8, 4) is 11.5 Å². The molecular formula is C40H32BrClFN3O6. The van der Waals surface area contributed by atoms with Gasteiger partial charge in [-0.15, -0.1) is 0 Å². The molecule has 2 N–H and O–H groups in total. The van der Waals surface area contributed by atoms with Gasteiger partial charge in [0.2, 0.25) is 11.8 Å². The number of nitrogens with zero attached hydrogens (tertiary/aromatic N) is 2. The van der Waals surface area contributed by atoms with Gasteiger partial charge in [0.25, 0.3) is 11.8 Å². The van der Waals surface area contributed by atoms with E-state index in [1.54, 1.807) is 73.7 Å². The number of ether oxygens (including phenoxy) is 1. The largest absolute Gasteiger partial charge is 0.504 e. The predicted octanol–water partition coefficient (Wildman–Crippen LogP) is 7.54. The van der Waals surface area contributed by atoms with Crippen molar-refractivity contribution in [3.05, 3.63) is 129 Å². The number of allylic oxidation sites excluding steroid dienone is 2. The molecule has 2 saturated heterocycles. The number of rotatable bonds is 7. The fourth-order valence-corrected chi connectivity index (χ4v) is 9.28. The van der Waals surface area contributed by atoms with Crippen LogP contribution in [0.4, 0.5) is 15.8 Å². The normalized spacial score (nSPS) is 26.5.